The molecule has 8 heteroatoms. The number of nitrogens with zero attached hydrogens (tertiary/aromatic N) is 2. The van der Waals surface area contributed by atoms with Crippen LogP contribution in [0.5, 0.6) is 5.75 Å². The second kappa shape index (κ2) is 8.63. The van der Waals surface area contributed by atoms with E-state index >= 15 is 0 Å². The molecule has 3 N–H and O–H groups in total. The van der Waals surface area contributed by atoms with E-state index in [0.29, 0.717) is 37.4 Å². The minimum Gasteiger partial charge on any atom is -0.497 e. The molecule has 1 aromatic carbocycles. The van der Waals surface area contributed by atoms with Gasteiger partial charge in [0, 0.05) is 37.2 Å². The zero-order chi connectivity index (χ0) is 21.3. The normalized spacial score (nSPS) is 23.2. The van der Waals surface area contributed by atoms with Gasteiger partial charge in [-0.05, 0) is 56.4 Å². The summed E-state index contributed by atoms with van der Waals surface area (Å²) in [4.78, 5) is 42.6. The molecule has 1 aromatic rings. The molecular formula is C22H30N4O4. The number of likely N-dealkylation sites (tertiary alicyclic amines) is 1. The molecule has 0 bridgehead atoms. The van der Waals surface area contributed by atoms with Crippen molar-refractivity contribution in [2.24, 2.45) is 11.7 Å². The number of benzene rings is 1. The fourth-order valence-corrected chi connectivity index (χ4v) is 4.25. The highest BCUT2D eigenvalue weighted by molar-refractivity contribution is 5.95. The van der Waals surface area contributed by atoms with Gasteiger partial charge in [-0.25, -0.2) is 0 Å². The zero-order valence-corrected chi connectivity index (χ0v) is 17.4. The van der Waals surface area contributed by atoms with Crippen molar-refractivity contribution in [3.63, 3.8) is 0 Å². The molecular weight excluding hydrogens is 384 g/mol. The van der Waals surface area contributed by atoms with Crippen LogP contribution < -0.4 is 15.8 Å². The standard InChI is InChI=1S/C22H30N4O4/c1-30-18-8-4-15(5-9-18)22(29)26(16-6-7-16)17-12-19(20(27)24-11-10-23)25(13-17)21(28)14-2-3-14/h4-5,8-9,14,16-17,19H,2-3,6-7,10-13,23H2,1H3,(H,24,27). The highest BCUT2D eigenvalue weighted by Gasteiger charge is 2.49. The second-order valence-electron chi connectivity index (χ2n) is 8.42. The summed E-state index contributed by atoms with van der Waals surface area (Å²) in [7, 11) is 1.59. The lowest BCUT2D eigenvalue weighted by Gasteiger charge is -2.29. The predicted octanol–water partition coefficient (Wildman–Crippen LogP) is 0.754. The van der Waals surface area contributed by atoms with Gasteiger partial charge >= 0.3 is 0 Å². The van der Waals surface area contributed by atoms with E-state index in [4.69, 9.17) is 10.5 Å². The van der Waals surface area contributed by atoms with Gasteiger partial charge in [0.1, 0.15) is 11.8 Å². The lowest BCUT2D eigenvalue weighted by Crippen LogP contribution is -2.47. The molecule has 0 radical (unpaired) electrons. The van der Waals surface area contributed by atoms with Gasteiger partial charge in [-0.15, -0.1) is 0 Å². The number of methoxy groups -OCH3 is 1. The predicted molar refractivity (Wildman–Crippen MR) is 111 cm³/mol. The Morgan fingerprint density at radius 3 is 2.40 bits per heavy atom. The Hall–Kier alpha value is -2.61. The summed E-state index contributed by atoms with van der Waals surface area (Å²) in [5, 5.41) is 2.82. The molecule has 2 aliphatic carbocycles. The molecule has 1 heterocycles. The van der Waals surface area contributed by atoms with E-state index in [1.165, 1.54) is 0 Å². The van der Waals surface area contributed by atoms with E-state index in [0.717, 1.165) is 25.7 Å². The lowest BCUT2D eigenvalue weighted by atomic mass is 10.1. The monoisotopic (exact) mass is 414 g/mol. The third-order valence-electron chi connectivity index (χ3n) is 6.14. The maximum Gasteiger partial charge on any atom is 0.254 e. The molecule has 4 rings (SSSR count). The number of rotatable bonds is 8. The van der Waals surface area contributed by atoms with Crippen molar-refractivity contribution in [1.29, 1.82) is 0 Å². The summed E-state index contributed by atoms with van der Waals surface area (Å²) < 4.78 is 5.19. The Balaban J connectivity index is 1.54. The van der Waals surface area contributed by atoms with Crippen LogP contribution >= 0.6 is 0 Å². The smallest absolute Gasteiger partial charge is 0.254 e. The minimum atomic E-state index is -0.542. The van der Waals surface area contributed by atoms with Crippen LogP contribution in [-0.4, -0.2) is 72.4 Å². The molecule has 30 heavy (non-hydrogen) atoms. The summed E-state index contributed by atoms with van der Waals surface area (Å²) in [6.07, 6.45) is 4.15. The molecule has 162 valence electrons. The summed E-state index contributed by atoms with van der Waals surface area (Å²) >= 11 is 0. The van der Waals surface area contributed by atoms with Crippen molar-refractivity contribution in [3.8, 4) is 5.75 Å². The van der Waals surface area contributed by atoms with Crippen LogP contribution in [0.2, 0.25) is 0 Å². The van der Waals surface area contributed by atoms with Crippen molar-refractivity contribution < 1.29 is 19.1 Å². The minimum absolute atomic E-state index is 0.0280. The van der Waals surface area contributed by atoms with Gasteiger partial charge in [0.2, 0.25) is 11.8 Å². The summed E-state index contributed by atoms with van der Waals surface area (Å²) in [5.41, 5.74) is 6.12. The van der Waals surface area contributed by atoms with Gasteiger partial charge in [0.15, 0.2) is 0 Å². The molecule has 3 fully saturated rings. The highest BCUT2D eigenvalue weighted by atomic mass is 16.5. The number of hydrogen-bond donors (Lipinski definition) is 2. The van der Waals surface area contributed by atoms with Gasteiger partial charge in [-0.3, -0.25) is 14.4 Å². The van der Waals surface area contributed by atoms with Crippen LogP contribution in [0.25, 0.3) is 0 Å². The van der Waals surface area contributed by atoms with Crippen LogP contribution in [0.1, 0.15) is 42.5 Å². The molecule has 2 unspecified atom stereocenters. The molecule has 0 aromatic heterocycles. The Bertz CT molecular complexity index is 804. The van der Waals surface area contributed by atoms with Gasteiger partial charge < -0.3 is 25.6 Å². The molecule has 0 spiro atoms. The first-order valence-corrected chi connectivity index (χ1v) is 10.8. The molecule has 2 saturated carbocycles. The largest absolute Gasteiger partial charge is 0.497 e. The summed E-state index contributed by atoms with van der Waals surface area (Å²) in [5.74, 6) is 0.540. The number of amides is 3. The van der Waals surface area contributed by atoms with Crippen LogP contribution in [0.4, 0.5) is 0 Å². The van der Waals surface area contributed by atoms with E-state index < -0.39 is 6.04 Å². The van der Waals surface area contributed by atoms with Crippen molar-refractivity contribution in [2.75, 3.05) is 26.7 Å². The third-order valence-corrected chi connectivity index (χ3v) is 6.14. The van der Waals surface area contributed by atoms with Gasteiger partial charge in [-0.1, -0.05) is 0 Å². The Morgan fingerprint density at radius 1 is 1.13 bits per heavy atom. The summed E-state index contributed by atoms with van der Waals surface area (Å²) in [6.45, 7) is 1.14. The second-order valence-corrected chi connectivity index (χ2v) is 8.42. The Kier molecular flexibility index (Phi) is 5.94. The molecule has 3 amide bonds. The SMILES string of the molecule is COc1ccc(C(=O)N(C2CC2)C2CC(C(=O)NCCN)N(C(=O)C3CC3)C2)cc1. The fraction of sp³-hybridized carbons (Fsp3) is 0.591. The Morgan fingerprint density at radius 2 is 1.83 bits per heavy atom. The van der Waals surface area contributed by atoms with Gasteiger partial charge in [0.25, 0.3) is 5.91 Å². The molecule has 1 saturated heterocycles. The maximum atomic E-state index is 13.3. The topological polar surface area (TPSA) is 105 Å². The van der Waals surface area contributed by atoms with Crippen molar-refractivity contribution in [3.05, 3.63) is 29.8 Å². The van der Waals surface area contributed by atoms with Crippen molar-refractivity contribution >= 4 is 17.7 Å². The summed E-state index contributed by atoms with van der Waals surface area (Å²) in [6, 6.07) is 6.56. The van der Waals surface area contributed by atoms with Crippen molar-refractivity contribution in [2.45, 2.75) is 50.2 Å². The number of carbonyl (C=O) groups is 3. The van der Waals surface area contributed by atoms with Crippen LogP contribution in [0, 0.1) is 5.92 Å². The first-order valence-electron chi connectivity index (χ1n) is 10.8. The molecule has 8 nitrogen and oxygen atoms in total. The first-order chi connectivity index (χ1) is 14.5. The fourth-order valence-electron chi connectivity index (χ4n) is 4.25. The maximum absolute atomic E-state index is 13.3. The number of nitrogens with two attached hydrogens (primary N) is 1. The lowest BCUT2D eigenvalue weighted by molar-refractivity contribution is -0.139. The van der Waals surface area contributed by atoms with Gasteiger partial charge in [0.05, 0.1) is 13.2 Å². The zero-order valence-electron chi connectivity index (χ0n) is 17.4. The van der Waals surface area contributed by atoms with E-state index in [1.807, 2.05) is 4.90 Å². The molecule has 2 atom stereocenters. The van der Waals surface area contributed by atoms with E-state index in [1.54, 1.807) is 36.3 Å². The van der Waals surface area contributed by atoms with Crippen molar-refractivity contribution in [1.82, 2.24) is 15.1 Å². The third kappa shape index (κ3) is 4.28. The average molecular weight is 415 g/mol. The average Bonchev–Trinajstić information content (AvgIpc) is 3.69. The highest BCUT2D eigenvalue weighted by Crippen LogP contribution is 2.38. The number of carbonyl (C=O) groups excluding carboxylic acids is 3. The van der Waals surface area contributed by atoms with Gasteiger partial charge in [-0.2, -0.15) is 0 Å². The Labute approximate surface area is 176 Å². The number of hydrogen-bond acceptors (Lipinski definition) is 5. The number of ether oxygens (including phenoxy) is 1. The van der Waals surface area contributed by atoms with Crippen LogP contribution in [-0.2, 0) is 9.59 Å². The number of nitrogens with one attached hydrogen (secondary N) is 1. The molecule has 1 aliphatic heterocycles. The van der Waals surface area contributed by atoms with E-state index in [-0.39, 0.29) is 35.7 Å². The molecule has 3 aliphatic rings. The van der Waals surface area contributed by atoms with Crippen LogP contribution in [0.15, 0.2) is 24.3 Å². The van der Waals surface area contributed by atoms with E-state index in [2.05, 4.69) is 5.32 Å². The first kappa shape index (κ1) is 20.7. The quantitative estimate of drug-likeness (QED) is 0.653. The van der Waals surface area contributed by atoms with E-state index in [9.17, 15) is 14.4 Å². The van der Waals surface area contributed by atoms with Crippen LogP contribution in [0.3, 0.4) is 0 Å².